The average molecular weight is 265 g/mol. The van der Waals surface area contributed by atoms with Gasteiger partial charge in [0.05, 0.1) is 11.7 Å². The molecule has 0 aliphatic heterocycles. The van der Waals surface area contributed by atoms with Gasteiger partial charge in [-0.1, -0.05) is 23.7 Å². The summed E-state index contributed by atoms with van der Waals surface area (Å²) in [5.74, 6) is -0.406. The minimum atomic E-state index is -0.581. The Bertz CT molecular complexity index is 533. The van der Waals surface area contributed by atoms with E-state index in [1.54, 1.807) is 18.3 Å². The third kappa shape index (κ3) is 2.52. The molecule has 0 bridgehead atoms. The predicted molar refractivity (Wildman–Crippen MR) is 71.2 cm³/mol. The predicted octanol–water partition coefficient (Wildman–Crippen LogP) is 3.54. The highest BCUT2D eigenvalue weighted by molar-refractivity contribution is 6.30. The van der Waals surface area contributed by atoms with E-state index in [1.807, 2.05) is 19.9 Å². The van der Waals surface area contributed by atoms with Gasteiger partial charge in [0.1, 0.15) is 5.82 Å². The van der Waals surface area contributed by atoms with Gasteiger partial charge in [0.25, 0.3) is 0 Å². The number of nitrogens with two attached hydrogens (primary N) is 1. The van der Waals surface area contributed by atoms with Crippen molar-refractivity contribution in [2.45, 2.75) is 19.9 Å². The van der Waals surface area contributed by atoms with Crippen LogP contribution in [0.25, 0.3) is 0 Å². The third-order valence-electron chi connectivity index (χ3n) is 2.85. The molecule has 0 radical (unpaired) electrons. The van der Waals surface area contributed by atoms with E-state index in [1.165, 1.54) is 6.07 Å². The molecule has 2 aromatic rings. The van der Waals surface area contributed by atoms with Crippen molar-refractivity contribution in [3.63, 3.8) is 0 Å². The zero-order valence-electron chi connectivity index (χ0n) is 10.2. The lowest BCUT2D eigenvalue weighted by molar-refractivity contribution is 0.596. The summed E-state index contributed by atoms with van der Waals surface area (Å²) in [6.07, 6.45) is 1.73. The van der Waals surface area contributed by atoms with Crippen LogP contribution in [0.1, 0.15) is 28.4 Å². The van der Waals surface area contributed by atoms with E-state index in [-0.39, 0.29) is 0 Å². The summed E-state index contributed by atoms with van der Waals surface area (Å²) in [6.45, 7) is 3.88. The standard InChI is InChI=1S/C14H14ClFN2/c1-8-5-9(2)14(18-7-8)13(17)11-4-3-10(15)6-12(11)16/h3-7,13H,17H2,1-2H3. The summed E-state index contributed by atoms with van der Waals surface area (Å²) in [5.41, 5.74) is 9.17. The molecule has 1 aromatic carbocycles. The molecule has 0 saturated carbocycles. The second kappa shape index (κ2) is 5.04. The van der Waals surface area contributed by atoms with Crippen LogP contribution < -0.4 is 5.73 Å². The molecule has 2 nitrogen and oxygen atoms in total. The summed E-state index contributed by atoms with van der Waals surface area (Å²) in [7, 11) is 0. The van der Waals surface area contributed by atoms with Crippen LogP contribution in [0, 0.1) is 19.7 Å². The van der Waals surface area contributed by atoms with Gasteiger partial charge in [-0.2, -0.15) is 0 Å². The van der Waals surface area contributed by atoms with Crippen molar-refractivity contribution >= 4 is 11.6 Å². The second-order valence-electron chi connectivity index (χ2n) is 4.36. The van der Waals surface area contributed by atoms with Crippen molar-refractivity contribution in [3.05, 3.63) is 63.7 Å². The monoisotopic (exact) mass is 264 g/mol. The van der Waals surface area contributed by atoms with Gasteiger partial charge in [0.2, 0.25) is 0 Å². The molecule has 2 N–H and O–H groups in total. The fraction of sp³-hybridized carbons (Fsp3) is 0.214. The minimum Gasteiger partial charge on any atom is -0.319 e. The molecule has 2 rings (SSSR count). The maximum atomic E-state index is 13.8. The molecule has 0 spiro atoms. The number of aryl methyl sites for hydroxylation is 2. The Morgan fingerprint density at radius 1 is 1.28 bits per heavy atom. The number of halogens is 2. The number of hydrogen-bond donors (Lipinski definition) is 1. The first-order valence-electron chi connectivity index (χ1n) is 5.62. The Labute approximate surface area is 111 Å². The first-order chi connectivity index (χ1) is 8.49. The van der Waals surface area contributed by atoms with Crippen LogP contribution in [-0.2, 0) is 0 Å². The van der Waals surface area contributed by atoms with E-state index in [2.05, 4.69) is 4.98 Å². The van der Waals surface area contributed by atoms with Crippen LogP contribution in [0.3, 0.4) is 0 Å². The Hall–Kier alpha value is -1.45. The van der Waals surface area contributed by atoms with E-state index in [9.17, 15) is 4.39 Å². The molecular formula is C14H14ClFN2. The zero-order chi connectivity index (χ0) is 13.3. The first-order valence-corrected chi connectivity index (χ1v) is 6.00. The van der Waals surface area contributed by atoms with Crippen molar-refractivity contribution in [1.29, 1.82) is 0 Å². The molecule has 4 heteroatoms. The normalized spacial score (nSPS) is 12.5. The molecule has 0 aliphatic carbocycles. The van der Waals surface area contributed by atoms with Gasteiger partial charge in [-0.3, -0.25) is 4.98 Å². The van der Waals surface area contributed by atoms with Gasteiger partial charge in [-0.25, -0.2) is 4.39 Å². The molecule has 1 heterocycles. The van der Waals surface area contributed by atoms with Crippen LogP contribution in [0.2, 0.25) is 5.02 Å². The average Bonchev–Trinajstić information content (AvgIpc) is 2.28. The van der Waals surface area contributed by atoms with Gasteiger partial charge in [-0.05, 0) is 37.1 Å². The SMILES string of the molecule is Cc1cnc(C(N)c2ccc(Cl)cc2F)c(C)c1. The van der Waals surface area contributed by atoms with Crippen molar-refractivity contribution in [2.24, 2.45) is 5.73 Å². The van der Waals surface area contributed by atoms with E-state index in [0.717, 1.165) is 11.1 Å². The van der Waals surface area contributed by atoms with Gasteiger partial charge in [0, 0.05) is 16.8 Å². The van der Waals surface area contributed by atoms with Crippen molar-refractivity contribution in [3.8, 4) is 0 Å². The fourth-order valence-electron chi connectivity index (χ4n) is 1.95. The van der Waals surface area contributed by atoms with E-state index in [4.69, 9.17) is 17.3 Å². The van der Waals surface area contributed by atoms with Gasteiger partial charge >= 0.3 is 0 Å². The second-order valence-corrected chi connectivity index (χ2v) is 4.79. The Kier molecular flexibility index (Phi) is 3.64. The van der Waals surface area contributed by atoms with E-state index in [0.29, 0.717) is 16.3 Å². The Balaban J connectivity index is 2.44. The number of aromatic nitrogens is 1. The van der Waals surface area contributed by atoms with Crippen LogP contribution in [-0.4, -0.2) is 4.98 Å². The van der Waals surface area contributed by atoms with E-state index < -0.39 is 11.9 Å². The molecule has 0 fully saturated rings. The Morgan fingerprint density at radius 2 is 2.00 bits per heavy atom. The van der Waals surface area contributed by atoms with E-state index >= 15 is 0 Å². The molecule has 18 heavy (non-hydrogen) atoms. The lowest BCUT2D eigenvalue weighted by Gasteiger charge is -2.15. The molecule has 94 valence electrons. The fourth-order valence-corrected chi connectivity index (χ4v) is 2.11. The van der Waals surface area contributed by atoms with Crippen LogP contribution >= 0.6 is 11.6 Å². The highest BCUT2D eigenvalue weighted by Crippen LogP contribution is 2.25. The lowest BCUT2D eigenvalue weighted by atomic mass is 9.99. The number of rotatable bonds is 2. The van der Waals surface area contributed by atoms with Crippen LogP contribution in [0.5, 0.6) is 0 Å². The molecule has 1 atom stereocenters. The summed E-state index contributed by atoms with van der Waals surface area (Å²) >= 11 is 5.72. The van der Waals surface area contributed by atoms with Gasteiger partial charge in [-0.15, -0.1) is 0 Å². The Morgan fingerprint density at radius 3 is 2.61 bits per heavy atom. The van der Waals surface area contributed by atoms with Crippen molar-refractivity contribution in [2.75, 3.05) is 0 Å². The van der Waals surface area contributed by atoms with Crippen LogP contribution in [0.4, 0.5) is 4.39 Å². The molecule has 1 aromatic heterocycles. The zero-order valence-corrected chi connectivity index (χ0v) is 11.0. The quantitative estimate of drug-likeness (QED) is 0.901. The highest BCUT2D eigenvalue weighted by atomic mass is 35.5. The minimum absolute atomic E-state index is 0.358. The number of benzene rings is 1. The summed E-state index contributed by atoms with van der Waals surface area (Å²) < 4.78 is 13.8. The molecule has 1 unspecified atom stereocenters. The smallest absolute Gasteiger partial charge is 0.129 e. The first kappa shape index (κ1) is 13.0. The molecule has 0 amide bonds. The summed E-state index contributed by atoms with van der Waals surface area (Å²) in [5, 5.41) is 0.358. The molecule has 0 saturated heterocycles. The summed E-state index contributed by atoms with van der Waals surface area (Å²) in [4.78, 5) is 4.29. The lowest BCUT2D eigenvalue weighted by Crippen LogP contribution is -2.16. The van der Waals surface area contributed by atoms with Crippen LogP contribution in [0.15, 0.2) is 30.5 Å². The van der Waals surface area contributed by atoms with Gasteiger partial charge < -0.3 is 5.73 Å². The topological polar surface area (TPSA) is 38.9 Å². The van der Waals surface area contributed by atoms with Crippen molar-refractivity contribution < 1.29 is 4.39 Å². The number of nitrogens with zero attached hydrogens (tertiary/aromatic N) is 1. The van der Waals surface area contributed by atoms with Crippen molar-refractivity contribution in [1.82, 2.24) is 4.98 Å². The largest absolute Gasteiger partial charge is 0.319 e. The maximum absolute atomic E-state index is 13.8. The molecule has 0 aliphatic rings. The number of pyridine rings is 1. The third-order valence-corrected chi connectivity index (χ3v) is 3.08. The number of hydrogen-bond acceptors (Lipinski definition) is 2. The highest BCUT2D eigenvalue weighted by Gasteiger charge is 2.17. The summed E-state index contributed by atoms with van der Waals surface area (Å²) in [6, 6.07) is 5.89. The maximum Gasteiger partial charge on any atom is 0.129 e. The molecular weight excluding hydrogens is 251 g/mol. The van der Waals surface area contributed by atoms with Gasteiger partial charge in [0.15, 0.2) is 0 Å².